The fourth-order valence-corrected chi connectivity index (χ4v) is 3.40. The van der Waals surface area contributed by atoms with Gasteiger partial charge in [-0.05, 0) is 44.5 Å². The Morgan fingerprint density at radius 3 is 2.54 bits per heavy atom. The van der Waals surface area contributed by atoms with Crippen LogP contribution in [0.15, 0.2) is 24.3 Å². The Bertz CT molecular complexity index is 844. The van der Waals surface area contributed by atoms with Crippen molar-refractivity contribution in [2.24, 2.45) is 5.73 Å². The smallest absolute Gasteiger partial charge is 0.341 e. The van der Waals surface area contributed by atoms with Crippen molar-refractivity contribution in [3.05, 3.63) is 45.8 Å². The van der Waals surface area contributed by atoms with E-state index in [4.69, 9.17) is 15.2 Å². The Balaban J connectivity index is 2.37. The number of benzene rings is 1. The van der Waals surface area contributed by atoms with Crippen molar-refractivity contribution in [1.29, 1.82) is 0 Å². The number of esters is 1. The van der Waals surface area contributed by atoms with Crippen molar-refractivity contribution in [2.45, 2.75) is 20.8 Å². The van der Waals surface area contributed by atoms with Crippen LogP contribution >= 0.6 is 11.3 Å². The van der Waals surface area contributed by atoms with Gasteiger partial charge in [-0.3, -0.25) is 9.59 Å². The number of nitrogens with two attached hydrogens (primary N) is 1. The first-order valence-corrected chi connectivity index (χ1v) is 8.85. The predicted octanol–water partition coefficient (Wildman–Crippen LogP) is 2.98. The number of carbonyl (C=O) groups is 3. The van der Waals surface area contributed by atoms with Crippen LogP contribution in [0.1, 0.15) is 49.8 Å². The highest BCUT2D eigenvalue weighted by Gasteiger charge is 2.26. The van der Waals surface area contributed by atoms with E-state index in [-0.39, 0.29) is 22.0 Å². The normalized spacial score (nSPS) is 10.3. The second-order valence-electron chi connectivity index (χ2n) is 5.26. The zero-order chi connectivity index (χ0) is 19.3. The van der Waals surface area contributed by atoms with Crippen LogP contribution in [0, 0.1) is 6.92 Å². The number of rotatable bonds is 7. The van der Waals surface area contributed by atoms with Crippen molar-refractivity contribution in [3.63, 3.8) is 0 Å². The van der Waals surface area contributed by atoms with E-state index < -0.39 is 17.8 Å². The third-order valence-electron chi connectivity index (χ3n) is 3.48. The van der Waals surface area contributed by atoms with Crippen molar-refractivity contribution in [3.8, 4) is 5.75 Å². The van der Waals surface area contributed by atoms with Gasteiger partial charge in [0, 0.05) is 5.56 Å². The van der Waals surface area contributed by atoms with Gasteiger partial charge in [0.15, 0.2) is 0 Å². The molecule has 2 rings (SSSR count). The lowest BCUT2D eigenvalue weighted by Gasteiger charge is -2.08. The molecule has 138 valence electrons. The molecule has 7 nitrogen and oxygen atoms in total. The first kappa shape index (κ1) is 19.5. The average Bonchev–Trinajstić information content (AvgIpc) is 2.92. The Kier molecular flexibility index (Phi) is 6.35. The SMILES string of the molecule is CCOC(=O)c1c(NC(=O)c2cccc(OCC)c2)sc(C(N)=O)c1C. The molecule has 0 atom stereocenters. The van der Waals surface area contributed by atoms with Gasteiger partial charge in [-0.25, -0.2) is 4.79 Å². The number of carbonyl (C=O) groups excluding carboxylic acids is 3. The molecule has 0 aliphatic heterocycles. The summed E-state index contributed by atoms with van der Waals surface area (Å²) in [5, 5.41) is 2.89. The quantitative estimate of drug-likeness (QED) is 0.722. The molecule has 3 N–H and O–H groups in total. The summed E-state index contributed by atoms with van der Waals surface area (Å²) in [6, 6.07) is 6.65. The zero-order valence-corrected chi connectivity index (χ0v) is 15.6. The molecular weight excluding hydrogens is 356 g/mol. The van der Waals surface area contributed by atoms with Gasteiger partial charge in [0.1, 0.15) is 10.8 Å². The summed E-state index contributed by atoms with van der Waals surface area (Å²) in [5.41, 5.74) is 6.24. The van der Waals surface area contributed by atoms with Gasteiger partial charge in [-0.1, -0.05) is 6.07 Å². The average molecular weight is 376 g/mol. The fraction of sp³-hybridized carbons (Fsp3) is 0.278. The second kappa shape index (κ2) is 8.48. The predicted molar refractivity (Wildman–Crippen MR) is 99.1 cm³/mol. The molecule has 1 aromatic carbocycles. The largest absolute Gasteiger partial charge is 0.494 e. The molecule has 2 aromatic rings. The van der Waals surface area contributed by atoms with Crippen LogP contribution in [0.3, 0.4) is 0 Å². The zero-order valence-electron chi connectivity index (χ0n) is 14.8. The molecule has 0 saturated heterocycles. The van der Waals surface area contributed by atoms with Crippen molar-refractivity contribution in [2.75, 3.05) is 18.5 Å². The lowest BCUT2D eigenvalue weighted by molar-refractivity contribution is 0.0527. The van der Waals surface area contributed by atoms with Gasteiger partial charge in [0.2, 0.25) is 0 Å². The molecule has 8 heteroatoms. The maximum atomic E-state index is 12.6. The molecular formula is C18H20N2O5S. The van der Waals surface area contributed by atoms with Gasteiger partial charge >= 0.3 is 5.97 Å². The summed E-state index contributed by atoms with van der Waals surface area (Å²) in [5.74, 6) is -1.16. The number of hydrogen-bond acceptors (Lipinski definition) is 6. The molecule has 1 heterocycles. The monoisotopic (exact) mass is 376 g/mol. The van der Waals surface area contributed by atoms with Crippen LogP contribution in [-0.4, -0.2) is 31.0 Å². The van der Waals surface area contributed by atoms with Crippen LogP contribution in [0.4, 0.5) is 5.00 Å². The van der Waals surface area contributed by atoms with E-state index in [1.165, 1.54) is 0 Å². The van der Waals surface area contributed by atoms with E-state index in [2.05, 4.69) is 5.32 Å². The topological polar surface area (TPSA) is 108 Å². The first-order chi connectivity index (χ1) is 12.4. The highest BCUT2D eigenvalue weighted by Crippen LogP contribution is 2.34. The number of nitrogens with one attached hydrogen (secondary N) is 1. The molecule has 0 fully saturated rings. The highest BCUT2D eigenvalue weighted by molar-refractivity contribution is 7.18. The van der Waals surface area contributed by atoms with Gasteiger partial charge < -0.3 is 20.5 Å². The summed E-state index contributed by atoms with van der Waals surface area (Å²) in [4.78, 5) is 36.6. The summed E-state index contributed by atoms with van der Waals surface area (Å²) in [7, 11) is 0. The Morgan fingerprint density at radius 1 is 1.19 bits per heavy atom. The molecule has 0 radical (unpaired) electrons. The van der Waals surface area contributed by atoms with Crippen LogP contribution in [0.5, 0.6) is 5.75 Å². The maximum absolute atomic E-state index is 12.6. The van der Waals surface area contributed by atoms with Gasteiger partial charge in [-0.2, -0.15) is 0 Å². The van der Waals surface area contributed by atoms with Gasteiger partial charge in [0.05, 0.1) is 23.7 Å². The second-order valence-corrected chi connectivity index (χ2v) is 6.28. The molecule has 0 spiro atoms. The van der Waals surface area contributed by atoms with E-state index in [1.807, 2.05) is 6.92 Å². The van der Waals surface area contributed by atoms with E-state index >= 15 is 0 Å². The van der Waals surface area contributed by atoms with Crippen LogP contribution in [0.25, 0.3) is 0 Å². The van der Waals surface area contributed by atoms with E-state index in [1.54, 1.807) is 38.1 Å². The maximum Gasteiger partial charge on any atom is 0.341 e. The standard InChI is InChI=1S/C18H20N2O5S/c1-4-24-12-8-6-7-11(9-12)16(22)20-17-13(18(23)25-5-2)10(3)14(26-17)15(19)21/h6-9H,4-5H2,1-3H3,(H2,19,21)(H,20,22). The van der Waals surface area contributed by atoms with E-state index in [0.717, 1.165) is 11.3 Å². The molecule has 2 amide bonds. The van der Waals surface area contributed by atoms with Crippen molar-refractivity contribution >= 4 is 34.1 Å². The minimum Gasteiger partial charge on any atom is -0.494 e. The first-order valence-electron chi connectivity index (χ1n) is 8.03. The fourth-order valence-electron chi connectivity index (χ4n) is 2.35. The minimum atomic E-state index is -0.670. The highest BCUT2D eigenvalue weighted by atomic mass is 32.1. The summed E-state index contributed by atoms with van der Waals surface area (Å²) in [6.45, 7) is 5.76. The molecule has 0 bridgehead atoms. The van der Waals surface area contributed by atoms with Gasteiger partial charge in [0.25, 0.3) is 11.8 Å². The van der Waals surface area contributed by atoms with E-state index in [0.29, 0.717) is 23.5 Å². The van der Waals surface area contributed by atoms with Crippen molar-refractivity contribution < 1.29 is 23.9 Å². The third kappa shape index (κ3) is 4.20. The van der Waals surface area contributed by atoms with E-state index in [9.17, 15) is 14.4 Å². The Labute approximate surface area is 155 Å². The molecule has 0 saturated carbocycles. The van der Waals surface area contributed by atoms with Crippen LogP contribution < -0.4 is 15.8 Å². The number of ether oxygens (including phenoxy) is 2. The van der Waals surface area contributed by atoms with Crippen LogP contribution in [-0.2, 0) is 4.74 Å². The Hall–Kier alpha value is -2.87. The minimum absolute atomic E-state index is 0.139. The summed E-state index contributed by atoms with van der Waals surface area (Å²) in [6.07, 6.45) is 0. The molecule has 0 aliphatic carbocycles. The number of primary amides is 1. The summed E-state index contributed by atoms with van der Waals surface area (Å²) >= 11 is 0.947. The number of amides is 2. The lowest BCUT2D eigenvalue weighted by atomic mass is 10.1. The lowest BCUT2D eigenvalue weighted by Crippen LogP contribution is -2.15. The van der Waals surface area contributed by atoms with Crippen LogP contribution in [0.2, 0.25) is 0 Å². The number of anilines is 1. The molecule has 0 unspecified atom stereocenters. The van der Waals surface area contributed by atoms with Gasteiger partial charge in [-0.15, -0.1) is 11.3 Å². The molecule has 26 heavy (non-hydrogen) atoms. The number of thiophene rings is 1. The molecule has 1 aromatic heterocycles. The molecule has 0 aliphatic rings. The number of hydrogen-bond donors (Lipinski definition) is 2. The van der Waals surface area contributed by atoms with Crippen molar-refractivity contribution in [1.82, 2.24) is 0 Å². The summed E-state index contributed by atoms with van der Waals surface area (Å²) < 4.78 is 10.4. The third-order valence-corrected chi connectivity index (χ3v) is 4.71. The Morgan fingerprint density at radius 2 is 1.92 bits per heavy atom.